The molecule has 4 rings (SSSR count). The molecule has 12 heteroatoms. The monoisotopic (exact) mass is 446 g/mol. The van der Waals surface area contributed by atoms with E-state index < -0.39 is 22.2 Å². The molecule has 2 aliphatic heterocycles. The first kappa shape index (κ1) is 21.2. The highest BCUT2D eigenvalue weighted by molar-refractivity contribution is 7.89. The van der Waals surface area contributed by atoms with E-state index in [9.17, 15) is 21.6 Å². The third-order valence-corrected chi connectivity index (χ3v) is 7.91. The summed E-state index contributed by atoms with van der Waals surface area (Å²) in [7, 11) is -3.72. The zero-order valence-electron chi connectivity index (χ0n) is 17.0. The second-order valence-electron chi connectivity index (χ2n) is 8.00. The Morgan fingerprint density at radius 1 is 1.33 bits per heavy atom. The van der Waals surface area contributed by atoms with Crippen molar-refractivity contribution in [3.63, 3.8) is 0 Å². The zero-order valence-corrected chi connectivity index (χ0v) is 17.8. The van der Waals surface area contributed by atoms with Gasteiger partial charge in [-0.05, 0) is 33.6 Å². The predicted molar refractivity (Wildman–Crippen MR) is 104 cm³/mol. The number of nitrogens with one attached hydrogen (secondary N) is 1. The molecule has 1 saturated heterocycles. The summed E-state index contributed by atoms with van der Waals surface area (Å²) in [5.41, 5.74) is 1.06. The molecule has 1 fully saturated rings. The molecule has 0 spiro atoms. The van der Waals surface area contributed by atoms with Crippen LogP contribution in [-0.4, -0.2) is 57.6 Å². The molecule has 30 heavy (non-hydrogen) atoms. The first-order chi connectivity index (χ1) is 14.0. The zero-order chi connectivity index (χ0) is 21.8. The van der Waals surface area contributed by atoms with E-state index in [1.54, 1.807) is 24.6 Å². The van der Waals surface area contributed by atoms with E-state index in [0.29, 0.717) is 36.7 Å². The second kappa shape index (κ2) is 7.26. The van der Waals surface area contributed by atoms with Crippen molar-refractivity contribution in [2.24, 2.45) is 0 Å². The fourth-order valence-electron chi connectivity index (χ4n) is 4.31. The van der Waals surface area contributed by atoms with E-state index in [0.717, 1.165) is 4.68 Å². The Kier molecular flexibility index (Phi) is 5.12. The smallest absolute Gasteiger partial charge is 0.368 e. The maximum absolute atomic E-state index is 13.5. The Hall–Kier alpha value is -2.08. The average molecular weight is 446 g/mol. The minimum absolute atomic E-state index is 0.0938. The van der Waals surface area contributed by atoms with Crippen molar-refractivity contribution in [3.8, 4) is 0 Å². The summed E-state index contributed by atoms with van der Waals surface area (Å²) in [6.07, 6.45) is -2.63. The number of aromatic nitrogens is 4. The highest BCUT2D eigenvalue weighted by atomic mass is 32.2. The lowest BCUT2D eigenvalue weighted by molar-refractivity contribution is -0.173. The molecule has 2 aromatic heterocycles. The van der Waals surface area contributed by atoms with E-state index in [1.165, 1.54) is 10.5 Å². The first-order valence-corrected chi connectivity index (χ1v) is 11.4. The third kappa shape index (κ3) is 3.49. The van der Waals surface area contributed by atoms with E-state index in [4.69, 9.17) is 0 Å². The molecule has 0 amide bonds. The number of alkyl halides is 3. The summed E-state index contributed by atoms with van der Waals surface area (Å²) in [6, 6.07) is -0.385. The van der Waals surface area contributed by atoms with E-state index in [2.05, 4.69) is 15.5 Å². The lowest BCUT2D eigenvalue weighted by Crippen LogP contribution is -2.37. The van der Waals surface area contributed by atoms with Gasteiger partial charge in [0.25, 0.3) is 0 Å². The highest BCUT2D eigenvalue weighted by Gasteiger charge is 2.46. The third-order valence-electron chi connectivity index (χ3n) is 5.94. The van der Waals surface area contributed by atoms with Gasteiger partial charge in [-0.3, -0.25) is 4.68 Å². The standard InChI is InChI=1S/C18H25F3N6O2S/c1-4-26-12(3)15(9-22-26)30(28,29)25-6-5-13(10-25)14-8-17-23-11(2)7-16(18(19,20)21)27(17)24-14/h8-9,11,13,16,23H,4-7,10H2,1-3H3/t11-,13+,16-/m1/s1. The number of anilines is 1. The lowest BCUT2D eigenvalue weighted by Gasteiger charge is -2.31. The summed E-state index contributed by atoms with van der Waals surface area (Å²) >= 11 is 0. The van der Waals surface area contributed by atoms with Crippen LogP contribution >= 0.6 is 0 Å². The SMILES string of the molecule is CCn1ncc(S(=O)(=O)N2CC[C@H](c3cc4n(n3)[C@@H](C(F)(F)F)C[C@@H](C)N4)C2)c1C. The summed E-state index contributed by atoms with van der Waals surface area (Å²) in [5, 5.41) is 11.4. The molecule has 8 nitrogen and oxygen atoms in total. The molecule has 2 aromatic rings. The largest absolute Gasteiger partial charge is 0.410 e. The second-order valence-corrected chi connectivity index (χ2v) is 9.90. The van der Waals surface area contributed by atoms with Gasteiger partial charge in [0.15, 0.2) is 6.04 Å². The number of aryl methyl sites for hydroxylation is 1. The fraction of sp³-hybridized carbons (Fsp3) is 0.667. The fourth-order valence-corrected chi connectivity index (χ4v) is 5.96. The van der Waals surface area contributed by atoms with Crippen LogP contribution in [0.15, 0.2) is 17.2 Å². The van der Waals surface area contributed by atoms with Crippen molar-refractivity contribution in [3.05, 3.63) is 23.7 Å². The van der Waals surface area contributed by atoms with Crippen LogP contribution in [0.2, 0.25) is 0 Å². The van der Waals surface area contributed by atoms with Gasteiger partial charge in [0.05, 0.1) is 17.6 Å². The molecule has 0 aliphatic carbocycles. The Labute approximate surface area is 173 Å². The maximum Gasteiger partial charge on any atom is 0.410 e. The average Bonchev–Trinajstić information content (AvgIpc) is 3.37. The lowest BCUT2D eigenvalue weighted by atomic mass is 10.0. The molecular weight excluding hydrogens is 421 g/mol. The normalized spacial score (nSPS) is 25.3. The summed E-state index contributed by atoms with van der Waals surface area (Å²) < 4.78 is 70.5. The number of hydrogen-bond acceptors (Lipinski definition) is 5. The number of sulfonamides is 1. The molecule has 0 radical (unpaired) electrons. The predicted octanol–water partition coefficient (Wildman–Crippen LogP) is 2.89. The molecule has 1 N–H and O–H groups in total. The topological polar surface area (TPSA) is 85.1 Å². The Morgan fingerprint density at radius 2 is 2.07 bits per heavy atom. The van der Waals surface area contributed by atoms with Crippen molar-refractivity contribution >= 4 is 15.8 Å². The molecule has 0 bridgehead atoms. The van der Waals surface area contributed by atoms with Crippen LogP contribution in [-0.2, 0) is 16.6 Å². The molecule has 4 heterocycles. The van der Waals surface area contributed by atoms with Gasteiger partial charge in [0.1, 0.15) is 10.7 Å². The van der Waals surface area contributed by atoms with Gasteiger partial charge in [0.2, 0.25) is 10.0 Å². The van der Waals surface area contributed by atoms with E-state index in [-0.39, 0.29) is 29.8 Å². The molecular formula is C18H25F3N6O2S. The minimum atomic E-state index is -4.39. The van der Waals surface area contributed by atoms with Gasteiger partial charge in [-0.15, -0.1) is 0 Å². The molecule has 166 valence electrons. The number of hydrogen-bond donors (Lipinski definition) is 1. The van der Waals surface area contributed by atoms with Crippen molar-refractivity contribution in [2.75, 3.05) is 18.4 Å². The van der Waals surface area contributed by atoms with Gasteiger partial charge >= 0.3 is 6.18 Å². The van der Waals surface area contributed by atoms with E-state index >= 15 is 0 Å². The van der Waals surface area contributed by atoms with Crippen molar-refractivity contribution < 1.29 is 21.6 Å². The molecule has 3 atom stereocenters. The molecule has 2 aliphatic rings. The van der Waals surface area contributed by atoms with Crippen LogP contribution in [0.5, 0.6) is 0 Å². The number of halogens is 3. The first-order valence-electron chi connectivity index (χ1n) is 9.97. The van der Waals surface area contributed by atoms with Crippen LogP contribution in [0, 0.1) is 6.92 Å². The van der Waals surface area contributed by atoms with Crippen LogP contribution in [0.4, 0.5) is 19.0 Å². The Balaban J connectivity index is 1.58. The molecule has 0 aromatic carbocycles. The summed E-state index contributed by atoms with van der Waals surface area (Å²) in [6.45, 7) is 6.34. The van der Waals surface area contributed by atoms with Crippen LogP contribution < -0.4 is 5.32 Å². The van der Waals surface area contributed by atoms with Crippen molar-refractivity contribution in [2.45, 2.75) is 69.2 Å². The maximum atomic E-state index is 13.5. The summed E-state index contributed by atoms with van der Waals surface area (Å²) in [5.74, 6) is 0.0674. The van der Waals surface area contributed by atoms with Crippen LogP contribution in [0.1, 0.15) is 50.0 Å². The number of fused-ring (bicyclic) bond motifs is 1. The van der Waals surface area contributed by atoms with Gasteiger partial charge < -0.3 is 5.32 Å². The Bertz CT molecular complexity index is 1040. The minimum Gasteiger partial charge on any atom is -0.368 e. The number of rotatable bonds is 4. The van der Waals surface area contributed by atoms with Crippen molar-refractivity contribution in [1.82, 2.24) is 23.9 Å². The summed E-state index contributed by atoms with van der Waals surface area (Å²) in [4.78, 5) is 0.168. The van der Waals surface area contributed by atoms with Crippen LogP contribution in [0.3, 0.4) is 0 Å². The van der Waals surface area contributed by atoms with Gasteiger partial charge in [-0.25, -0.2) is 13.1 Å². The Morgan fingerprint density at radius 3 is 2.70 bits per heavy atom. The number of nitrogens with zero attached hydrogens (tertiary/aromatic N) is 5. The van der Waals surface area contributed by atoms with Gasteiger partial charge in [0, 0.05) is 37.7 Å². The van der Waals surface area contributed by atoms with Gasteiger partial charge in [-0.1, -0.05) is 0 Å². The van der Waals surface area contributed by atoms with Crippen molar-refractivity contribution in [1.29, 1.82) is 0 Å². The van der Waals surface area contributed by atoms with Gasteiger partial charge in [-0.2, -0.15) is 27.7 Å². The molecule has 0 saturated carbocycles. The van der Waals surface area contributed by atoms with E-state index in [1.807, 2.05) is 6.92 Å². The highest BCUT2D eigenvalue weighted by Crippen LogP contribution is 2.41. The molecule has 0 unspecified atom stereocenters. The van der Waals surface area contributed by atoms with Crippen LogP contribution in [0.25, 0.3) is 0 Å². The quantitative estimate of drug-likeness (QED) is 0.781.